The van der Waals surface area contributed by atoms with Crippen LogP contribution >= 0.6 is 0 Å². The van der Waals surface area contributed by atoms with Gasteiger partial charge in [-0.05, 0) is 13.0 Å². The molecule has 0 saturated heterocycles. The highest BCUT2D eigenvalue weighted by molar-refractivity contribution is 5.74. The van der Waals surface area contributed by atoms with E-state index in [2.05, 4.69) is 36.6 Å². The number of pyridine rings is 1. The average molecular weight is 295 g/mol. The SMILES string of the molecule is CCn1c(Cn2ccnc2-c2nnco2)nc2ccncc21. The summed E-state index contributed by atoms with van der Waals surface area (Å²) >= 11 is 0. The summed E-state index contributed by atoms with van der Waals surface area (Å²) in [6.07, 6.45) is 8.46. The van der Waals surface area contributed by atoms with Crippen molar-refractivity contribution in [1.29, 1.82) is 0 Å². The minimum Gasteiger partial charge on any atom is -0.421 e. The van der Waals surface area contributed by atoms with Crippen LogP contribution < -0.4 is 0 Å². The summed E-state index contributed by atoms with van der Waals surface area (Å²) in [5.74, 6) is 1.96. The topological polar surface area (TPSA) is 87.5 Å². The summed E-state index contributed by atoms with van der Waals surface area (Å²) in [6.45, 7) is 3.48. The molecule has 4 aromatic heterocycles. The number of nitrogens with zero attached hydrogens (tertiary/aromatic N) is 7. The van der Waals surface area contributed by atoms with E-state index in [-0.39, 0.29) is 0 Å². The summed E-state index contributed by atoms with van der Waals surface area (Å²) in [4.78, 5) is 13.1. The van der Waals surface area contributed by atoms with Gasteiger partial charge in [-0.3, -0.25) is 4.98 Å². The van der Waals surface area contributed by atoms with Gasteiger partial charge in [-0.1, -0.05) is 0 Å². The molecule has 0 fully saturated rings. The van der Waals surface area contributed by atoms with Gasteiger partial charge in [0.15, 0.2) is 5.82 Å². The van der Waals surface area contributed by atoms with E-state index < -0.39 is 0 Å². The van der Waals surface area contributed by atoms with E-state index >= 15 is 0 Å². The summed E-state index contributed by atoms with van der Waals surface area (Å²) in [6, 6.07) is 1.91. The monoisotopic (exact) mass is 295 g/mol. The number of imidazole rings is 2. The van der Waals surface area contributed by atoms with Crippen LogP contribution in [0.4, 0.5) is 0 Å². The van der Waals surface area contributed by atoms with E-state index in [1.165, 1.54) is 6.39 Å². The predicted octanol–water partition coefficient (Wildman–Crippen LogP) is 1.75. The Labute approximate surface area is 125 Å². The molecule has 0 saturated carbocycles. The van der Waals surface area contributed by atoms with Crippen LogP contribution in [-0.4, -0.2) is 34.3 Å². The van der Waals surface area contributed by atoms with Gasteiger partial charge in [0.05, 0.1) is 23.8 Å². The van der Waals surface area contributed by atoms with E-state index in [0.717, 1.165) is 23.4 Å². The maximum absolute atomic E-state index is 5.23. The van der Waals surface area contributed by atoms with E-state index in [4.69, 9.17) is 4.42 Å². The summed E-state index contributed by atoms with van der Waals surface area (Å²) in [5, 5.41) is 7.60. The van der Waals surface area contributed by atoms with Crippen molar-refractivity contribution >= 4 is 11.0 Å². The Morgan fingerprint density at radius 1 is 1.27 bits per heavy atom. The quantitative estimate of drug-likeness (QED) is 0.570. The van der Waals surface area contributed by atoms with Crippen LogP contribution in [0, 0.1) is 0 Å². The normalized spacial score (nSPS) is 11.3. The van der Waals surface area contributed by atoms with Crippen molar-refractivity contribution < 1.29 is 4.42 Å². The maximum atomic E-state index is 5.23. The van der Waals surface area contributed by atoms with Crippen LogP contribution in [0.1, 0.15) is 12.7 Å². The van der Waals surface area contributed by atoms with Crippen molar-refractivity contribution in [3.8, 4) is 11.7 Å². The van der Waals surface area contributed by atoms with Crippen LogP contribution in [-0.2, 0) is 13.1 Å². The maximum Gasteiger partial charge on any atom is 0.283 e. The molecule has 22 heavy (non-hydrogen) atoms. The van der Waals surface area contributed by atoms with Crippen molar-refractivity contribution in [2.75, 3.05) is 0 Å². The van der Waals surface area contributed by atoms with Crippen molar-refractivity contribution in [2.24, 2.45) is 0 Å². The second kappa shape index (κ2) is 5.06. The van der Waals surface area contributed by atoms with E-state index in [1.807, 2.05) is 23.0 Å². The lowest BCUT2D eigenvalue weighted by Crippen LogP contribution is -2.08. The molecule has 4 rings (SSSR count). The molecule has 0 amide bonds. The molecular weight excluding hydrogens is 282 g/mol. The first-order valence-corrected chi connectivity index (χ1v) is 6.93. The van der Waals surface area contributed by atoms with Gasteiger partial charge in [0.1, 0.15) is 5.82 Å². The van der Waals surface area contributed by atoms with Crippen molar-refractivity contribution in [3.05, 3.63) is 43.1 Å². The second-order valence-corrected chi connectivity index (χ2v) is 4.76. The highest BCUT2D eigenvalue weighted by Gasteiger charge is 2.15. The molecule has 0 bridgehead atoms. The van der Waals surface area contributed by atoms with Gasteiger partial charge >= 0.3 is 0 Å². The minimum absolute atomic E-state index is 0.394. The van der Waals surface area contributed by atoms with E-state index in [9.17, 15) is 0 Å². The lowest BCUT2D eigenvalue weighted by Gasteiger charge is -2.08. The molecule has 0 N–H and O–H groups in total. The Bertz CT molecular complexity index is 906. The fourth-order valence-corrected chi connectivity index (χ4v) is 2.55. The van der Waals surface area contributed by atoms with Crippen LogP contribution in [0.15, 0.2) is 41.7 Å². The zero-order chi connectivity index (χ0) is 14.9. The first-order chi connectivity index (χ1) is 10.9. The molecule has 0 aliphatic rings. The lowest BCUT2D eigenvalue weighted by atomic mass is 10.4. The zero-order valence-electron chi connectivity index (χ0n) is 11.9. The summed E-state index contributed by atoms with van der Waals surface area (Å²) < 4.78 is 9.31. The molecule has 110 valence electrons. The van der Waals surface area contributed by atoms with Crippen LogP contribution in [0.25, 0.3) is 22.7 Å². The first kappa shape index (κ1) is 12.7. The molecule has 8 heteroatoms. The lowest BCUT2D eigenvalue weighted by molar-refractivity contribution is 0.556. The molecule has 0 radical (unpaired) electrons. The molecule has 0 spiro atoms. The number of rotatable bonds is 4. The van der Waals surface area contributed by atoms with Gasteiger partial charge in [-0.25, -0.2) is 9.97 Å². The zero-order valence-corrected chi connectivity index (χ0v) is 11.9. The Balaban J connectivity index is 1.77. The Hall–Kier alpha value is -3.03. The summed E-state index contributed by atoms with van der Waals surface area (Å²) in [5.41, 5.74) is 1.96. The number of hydrogen-bond acceptors (Lipinski definition) is 6. The average Bonchev–Trinajstić information content (AvgIpc) is 3.26. The van der Waals surface area contributed by atoms with Gasteiger partial charge in [0.2, 0.25) is 6.39 Å². The predicted molar refractivity (Wildman–Crippen MR) is 77.8 cm³/mol. The number of aryl methyl sites for hydroxylation is 1. The second-order valence-electron chi connectivity index (χ2n) is 4.76. The van der Waals surface area contributed by atoms with Gasteiger partial charge in [0, 0.05) is 25.1 Å². The highest BCUT2D eigenvalue weighted by atomic mass is 16.4. The molecular formula is C14H13N7O. The molecule has 8 nitrogen and oxygen atoms in total. The Morgan fingerprint density at radius 3 is 3.05 bits per heavy atom. The third kappa shape index (κ3) is 1.96. The van der Waals surface area contributed by atoms with E-state index in [1.54, 1.807) is 12.4 Å². The Kier molecular flexibility index (Phi) is 2.92. The first-order valence-electron chi connectivity index (χ1n) is 6.93. The van der Waals surface area contributed by atoms with Crippen molar-refractivity contribution in [3.63, 3.8) is 0 Å². The largest absolute Gasteiger partial charge is 0.421 e. The van der Waals surface area contributed by atoms with Crippen molar-refractivity contribution in [1.82, 2.24) is 34.3 Å². The Morgan fingerprint density at radius 2 is 2.23 bits per heavy atom. The molecule has 0 atom stereocenters. The number of aromatic nitrogens is 7. The fraction of sp³-hybridized carbons (Fsp3) is 0.214. The van der Waals surface area contributed by atoms with Gasteiger partial charge in [0.25, 0.3) is 5.89 Å². The molecule has 0 aliphatic carbocycles. The highest BCUT2D eigenvalue weighted by Crippen LogP contribution is 2.19. The van der Waals surface area contributed by atoms with Crippen LogP contribution in [0.5, 0.6) is 0 Å². The van der Waals surface area contributed by atoms with Gasteiger partial charge < -0.3 is 13.6 Å². The van der Waals surface area contributed by atoms with Crippen LogP contribution in [0.2, 0.25) is 0 Å². The third-order valence-corrected chi connectivity index (χ3v) is 3.52. The standard InChI is InChI=1S/C14H13N7O/c1-2-21-11-7-15-4-3-10(11)18-12(21)8-20-6-5-16-13(20)14-19-17-9-22-14/h3-7,9H,2,8H2,1H3. The third-order valence-electron chi connectivity index (χ3n) is 3.52. The minimum atomic E-state index is 0.394. The molecule has 4 aromatic rings. The van der Waals surface area contributed by atoms with Gasteiger partial charge in [-0.2, -0.15) is 0 Å². The molecule has 4 heterocycles. The molecule has 0 aromatic carbocycles. The number of hydrogen-bond donors (Lipinski definition) is 0. The molecule has 0 unspecified atom stereocenters. The van der Waals surface area contributed by atoms with Gasteiger partial charge in [-0.15, -0.1) is 10.2 Å². The molecule has 0 aliphatic heterocycles. The van der Waals surface area contributed by atoms with Crippen molar-refractivity contribution in [2.45, 2.75) is 20.0 Å². The van der Waals surface area contributed by atoms with E-state index in [0.29, 0.717) is 18.3 Å². The summed E-state index contributed by atoms with van der Waals surface area (Å²) in [7, 11) is 0. The van der Waals surface area contributed by atoms with Crippen LogP contribution in [0.3, 0.4) is 0 Å². The fourth-order valence-electron chi connectivity index (χ4n) is 2.55. The smallest absolute Gasteiger partial charge is 0.283 e. The number of fused-ring (bicyclic) bond motifs is 1.